The quantitative estimate of drug-likeness (QED) is 0.799. The van der Waals surface area contributed by atoms with E-state index >= 15 is 0 Å². The predicted octanol–water partition coefficient (Wildman–Crippen LogP) is 2.87. The van der Waals surface area contributed by atoms with Crippen LogP contribution in [0.1, 0.15) is 36.4 Å². The van der Waals surface area contributed by atoms with Gasteiger partial charge in [-0.05, 0) is 24.8 Å². The normalized spacial score (nSPS) is 19.0. The van der Waals surface area contributed by atoms with E-state index in [1.807, 2.05) is 49.1 Å². The van der Waals surface area contributed by atoms with E-state index in [1.54, 1.807) is 11.3 Å². The molecular weight excluding hydrogens is 396 g/mol. The van der Waals surface area contributed by atoms with Crippen LogP contribution in [-0.2, 0) is 29.0 Å². The number of thiazole rings is 1. The van der Waals surface area contributed by atoms with Crippen molar-refractivity contribution in [1.82, 2.24) is 15.2 Å². The number of nitrogens with one attached hydrogen (secondary N) is 1. The summed E-state index contributed by atoms with van der Waals surface area (Å²) in [5, 5.41) is 4.14. The van der Waals surface area contributed by atoms with Gasteiger partial charge in [0, 0.05) is 49.4 Å². The van der Waals surface area contributed by atoms with Crippen LogP contribution in [0.2, 0.25) is 0 Å². The van der Waals surface area contributed by atoms with Gasteiger partial charge in [0.2, 0.25) is 11.8 Å². The minimum absolute atomic E-state index is 0.0232. The molecule has 0 unspecified atom stereocenters. The first-order chi connectivity index (χ1) is 14.5. The third-order valence-corrected chi connectivity index (χ3v) is 7.15. The fourth-order valence-electron chi connectivity index (χ4n) is 4.13. The molecule has 7 heteroatoms. The van der Waals surface area contributed by atoms with E-state index in [1.165, 1.54) is 4.88 Å². The Kier molecular flexibility index (Phi) is 6.37. The molecule has 1 aliphatic carbocycles. The number of anilines is 1. The number of hydrogen-bond donors (Lipinski definition) is 1. The lowest BCUT2D eigenvalue weighted by Gasteiger charge is -2.35. The number of carbonyl (C=O) groups excluding carboxylic acids is 2. The van der Waals surface area contributed by atoms with Crippen molar-refractivity contribution in [1.29, 1.82) is 0 Å². The highest BCUT2D eigenvalue weighted by Crippen LogP contribution is 2.34. The Balaban J connectivity index is 1.32. The van der Waals surface area contributed by atoms with Crippen LogP contribution in [0.4, 0.5) is 5.13 Å². The van der Waals surface area contributed by atoms with Crippen molar-refractivity contribution in [2.75, 3.05) is 31.1 Å². The molecule has 1 aromatic carbocycles. The maximum Gasteiger partial charge on any atom is 0.225 e. The van der Waals surface area contributed by atoms with Gasteiger partial charge in [0.15, 0.2) is 5.13 Å². The van der Waals surface area contributed by atoms with Gasteiger partial charge in [0.25, 0.3) is 0 Å². The van der Waals surface area contributed by atoms with Crippen LogP contribution in [-0.4, -0.2) is 47.9 Å². The number of carbonyl (C=O) groups is 2. The lowest BCUT2D eigenvalue weighted by atomic mass is 9.90. The number of rotatable bonds is 5. The molecular formula is C23H30N4O2S. The van der Waals surface area contributed by atoms with Gasteiger partial charge in [0.1, 0.15) is 0 Å². The summed E-state index contributed by atoms with van der Waals surface area (Å²) in [5.41, 5.74) is 2.28. The molecule has 2 aliphatic rings. The van der Waals surface area contributed by atoms with Crippen molar-refractivity contribution in [2.45, 2.75) is 39.7 Å². The smallest absolute Gasteiger partial charge is 0.225 e. The van der Waals surface area contributed by atoms with Gasteiger partial charge in [-0.3, -0.25) is 9.59 Å². The van der Waals surface area contributed by atoms with Crippen molar-refractivity contribution >= 4 is 28.3 Å². The SMILES string of the molecule is CC(C)C(=O)N1CCN(c2nc3c(s2)C[C@@H](C(=O)NCc2ccccc2)CC3)CC1. The van der Waals surface area contributed by atoms with Gasteiger partial charge in [-0.25, -0.2) is 4.98 Å². The summed E-state index contributed by atoms with van der Waals surface area (Å²) in [6.45, 7) is 7.65. The molecule has 0 bridgehead atoms. The van der Waals surface area contributed by atoms with E-state index in [4.69, 9.17) is 4.98 Å². The molecule has 1 saturated heterocycles. The maximum absolute atomic E-state index is 12.7. The average molecular weight is 427 g/mol. The van der Waals surface area contributed by atoms with Crippen LogP contribution >= 0.6 is 11.3 Å². The van der Waals surface area contributed by atoms with Crippen molar-refractivity contribution < 1.29 is 9.59 Å². The maximum atomic E-state index is 12.7. The summed E-state index contributed by atoms with van der Waals surface area (Å²) in [7, 11) is 0. The van der Waals surface area contributed by atoms with Crippen molar-refractivity contribution in [3.63, 3.8) is 0 Å². The highest BCUT2D eigenvalue weighted by molar-refractivity contribution is 7.15. The first kappa shape index (κ1) is 20.8. The molecule has 4 rings (SSSR count). The van der Waals surface area contributed by atoms with Crippen molar-refractivity contribution in [3.8, 4) is 0 Å². The van der Waals surface area contributed by atoms with Gasteiger partial charge >= 0.3 is 0 Å². The first-order valence-corrected chi connectivity index (χ1v) is 11.7. The number of nitrogens with zero attached hydrogens (tertiary/aromatic N) is 3. The Morgan fingerprint density at radius 3 is 2.60 bits per heavy atom. The molecule has 2 amide bonds. The summed E-state index contributed by atoms with van der Waals surface area (Å²) in [5.74, 6) is 0.446. The predicted molar refractivity (Wildman–Crippen MR) is 120 cm³/mol. The average Bonchev–Trinajstić information content (AvgIpc) is 3.21. The van der Waals surface area contributed by atoms with Crippen LogP contribution in [0.5, 0.6) is 0 Å². The Hall–Kier alpha value is -2.41. The number of benzene rings is 1. The summed E-state index contributed by atoms with van der Waals surface area (Å²) in [6.07, 6.45) is 2.49. The number of hydrogen-bond acceptors (Lipinski definition) is 5. The Labute approximate surface area is 182 Å². The fraction of sp³-hybridized carbons (Fsp3) is 0.522. The van der Waals surface area contributed by atoms with Gasteiger partial charge in [0.05, 0.1) is 5.69 Å². The molecule has 2 heterocycles. The Morgan fingerprint density at radius 1 is 1.17 bits per heavy atom. The van der Waals surface area contributed by atoms with Crippen LogP contribution in [0.25, 0.3) is 0 Å². The number of aromatic nitrogens is 1. The number of piperazine rings is 1. The van der Waals surface area contributed by atoms with Crippen LogP contribution in [0.3, 0.4) is 0 Å². The molecule has 2 aromatic rings. The molecule has 1 atom stereocenters. The molecule has 6 nitrogen and oxygen atoms in total. The third kappa shape index (κ3) is 4.67. The minimum atomic E-state index is 0.0232. The summed E-state index contributed by atoms with van der Waals surface area (Å²) >= 11 is 1.72. The molecule has 1 fully saturated rings. The van der Waals surface area contributed by atoms with Crippen LogP contribution < -0.4 is 10.2 Å². The molecule has 0 saturated carbocycles. The topological polar surface area (TPSA) is 65.5 Å². The van der Waals surface area contributed by atoms with E-state index in [-0.39, 0.29) is 23.7 Å². The zero-order valence-corrected chi connectivity index (χ0v) is 18.6. The number of fused-ring (bicyclic) bond motifs is 1. The van der Waals surface area contributed by atoms with Gasteiger partial charge in [-0.2, -0.15) is 0 Å². The van der Waals surface area contributed by atoms with Crippen molar-refractivity contribution in [3.05, 3.63) is 46.5 Å². The first-order valence-electron chi connectivity index (χ1n) is 10.8. The second-order valence-corrected chi connectivity index (χ2v) is 9.54. The van der Waals surface area contributed by atoms with E-state index in [0.717, 1.165) is 61.8 Å². The number of aryl methyl sites for hydroxylation is 1. The summed E-state index contributed by atoms with van der Waals surface area (Å²) in [4.78, 5) is 35.2. The standard InChI is InChI=1S/C23H30N4O2S/c1-16(2)22(29)26-10-12-27(13-11-26)23-25-19-9-8-18(14-20(19)30-23)21(28)24-15-17-6-4-3-5-7-17/h3-7,16,18H,8-15H2,1-2H3,(H,24,28)/t18-/m0/s1. The molecule has 0 spiro atoms. The van der Waals surface area contributed by atoms with Gasteiger partial charge in [-0.15, -0.1) is 11.3 Å². The lowest BCUT2D eigenvalue weighted by molar-refractivity contribution is -0.134. The monoisotopic (exact) mass is 426 g/mol. The van der Waals surface area contributed by atoms with Crippen LogP contribution in [0.15, 0.2) is 30.3 Å². The molecule has 1 aliphatic heterocycles. The van der Waals surface area contributed by atoms with E-state index in [9.17, 15) is 9.59 Å². The highest BCUT2D eigenvalue weighted by atomic mass is 32.1. The zero-order chi connectivity index (χ0) is 21.1. The second kappa shape index (κ2) is 9.16. The lowest BCUT2D eigenvalue weighted by Crippen LogP contribution is -2.49. The Bertz CT molecular complexity index is 888. The molecule has 1 N–H and O–H groups in total. The van der Waals surface area contributed by atoms with Gasteiger partial charge < -0.3 is 15.1 Å². The van der Waals surface area contributed by atoms with Crippen LogP contribution in [0, 0.1) is 11.8 Å². The molecule has 160 valence electrons. The van der Waals surface area contributed by atoms with E-state index in [2.05, 4.69) is 10.2 Å². The van der Waals surface area contributed by atoms with Crippen molar-refractivity contribution in [2.24, 2.45) is 11.8 Å². The Morgan fingerprint density at radius 2 is 1.90 bits per heavy atom. The largest absolute Gasteiger partial charge is 0.352 e. The second-order valence-electron chi connectivity index (χ2n) is 8.48. The fourth-order valence-corrected chi connectivity index (χ4v) is 5.37. The number of amides is 2. The van der Waals surface area contributed by atoms with Gasteiger partial charge in [-0.1, -0.05) is 44.2 Å². The minimum Gasteiger partial charge on any atom is -0.352 e. The van der Waals surface area contributed by atoms with E-state index in [0.29, 0.717) is 6.54 Å². The summed E-state index contributed by atoms with van der Waals surface area (Å²) in [6, 6.07) is 10.0. The molecule has 30 heavy (non-hydrogen) atoms. The van der Waals surface area contributed by atoms with E-state index < -0.39 is 0 Å². The molecule has 1 aromatic heterocycles. The highest BCUT2D eigenvalue weighted by Gasteiger charge is 2.30. The third-order valence-electron chi connectivity index (χ3n) is 5.96. The zero-order valence-electron chi connectivity index (χ0n) is 17.8. The molecule has 0 radical (unpaired) electrons. The summed E-state index contributed by atoms with van der Waals surface area (Å²) < 4.78 is 0.